The van der Waals surface area contributed by atoms with E-state index < -0.39 is 28.9 Å². The first-order chi connectivity index (χ1) is 13.8. The Morgan fingerprint density at radius 3 is 2.48 bits per heavy atom. The van der Waals surface area contributed by atoms with Crippen molar-refractivity contribution in [3.8, 4) is 0 Å². The molecule has 1 aromatic heterocycles. The van der Waals surface area contributed by atoms with Gasteiger partial charge in [0.05, 0.1) is 0 Å². The van der Waals surface area contributed by atoms with Gasteiger partial charge in [-0.2, -0.15) is 4.98 Å². The number of carbonyl (C=O) groups excluding carboxylic acids is 1. The number of aromatic nitrogens is 2. The van der Waals surface area contributed by atoms with Gasteiger partial charge in [0.15, 0.2) is 11.6 Å². The first kappa shape index (κ1) is 20.9. The molecule has 1 saturated carbocycles. The van der Waals surface area contributed by atoms with Gasteiger partial charge in [-0.05, 0) is 49.8 Å². The van der Waals surface area contributed by atoms with Crippen LogP contribution in [0.3, 0.4) is 0 Å². The van der Waals surface area contributed by atoms with E-state index in [1.54, 1.807) is 6.20 Å². The Hall–Kier alpha value is -2.84. The molecule has 2 aromatic rings. The van der Waals surface area contributed by atoms with Crippen LogP contribution in [0, 0.1) is 23.4 Å². The number of halogens is 3. The number of nitrogens with zero attached hydrogens (tertiary/aromatic N) is 3. The summed E-state index contributed by atoms with van der Waals surface area (Å²) in [5, 5.41) is 5.86. The number of amides is 1. The number of anilines is 2. The summed E-state index contributed by atoms with van der Waals surface area (Å²) < 4.78 is 40.7. The van der Waals surface area contributed by atoms with Gasteiger partial charge in [-0.1, -0.05) is 0 Å². The maximum absolute atomic E-state index is 13.7. The summed E-state index contributed by atoms with van der Waals surface area (Å²) in [7, 11) is 3.82. The van der Waals surface area contributed by atoms with Crippen molar-refractivity contribution in [2.24, 2.45) is 5.92 Å². The summed E-state index contributed by atoms with van der Waals surface area (Å²) in [6.45, 7) is 0.285. The molecule has 1 aromatic carbocycles. The summed E-state index contributed by atoms with van der Waals surface area (Å²) in [4.78, 5) is 22.7. The molecule has 1 aliphatic carbocycles. The summed E-state index contributed by atoms with van der Waals surface area (Å²) in [6, 6.07) is 3.46. The topological polar surface area (TPSA) is 70.2 Å². The van der Waals surface area contributed by atoms with Crippen LogP contribution in [-0.4, -0.2) is 42.6 Å². The smallest absolute Gasteiger partial charge is 0.257 e. The van der Waals surface area contributed by atoms with Gasteiger partial charge in [-0.15, -0.1) is 0 Å². The van der Waals surface area contributed by atoms with Crippen molar-refractivity contribution in [3.05, 3.63) is 47.4 Å². The van der Waals surface area contributed by atoms with Crippen molar-refractivity contribution in [1.29, 1.82) is 0 Å². The Bertz CT molecular complexity index is 869. The van der Waals surface area contributed by atoms with Gasteiger partial charge in [-0.3, -0.25) is 4.79 Å². The molecule has 9 heteroatoms. The third-order valence-corrected chi connectivity index (χ3v) is 5.10. The van der Waals surface area contributed by atoms with Crippen LogP contribution in [0.4, 0.5) is 24.9 Å². The first-order valence-electron chi connectivity index (χ1n) is 9.53. The van der Waals surface area contributed by atoms with Crippen LogP contribution >= 0.6 is 0 Å². The Morgan fingerprint density at radius 1 is 1.10 bits per heavy atom. The average molecular weight is 407 g/mol. The second-order valence-electron chi connectivity index (χ2n) is 7.42. The molecule has 1 heterocycles. The van der Waals surface area contributed by atoms with Gasteiger partial charge in [-0.25, -0.2) is 18.2 Å². The second-order valence-corrected chi connectivity index (χ2v) is 7.42. The third-order valence-electron chi connectivity index (χ3n) is 5.10. The molecule has 156 valence electrons. The molecule has 0 unspecified atom stereocenters. The van der Waals surface area contributed by atoms with Crippen molar-refractivity contribution >= 4 is 17.7 Å². The predicted molar refractivity (Wildman–Crippen MR) is 104 cm³/mol. The highest BCUT2D eigenvalue weighted by molar-refractivity contribution is 5.94. The third kappa shape index (κ3) is 5.16. The lowest BCUT2D eigenvalue weighted by Crippen LogP contribution is -2.35. The average Bonchev–Trinajstić information content (AvgIpc) is 2.71. The van der Waals surface area contributed by atoms with E-state index in [1.165, 1.54) is 0 Å². The molecule has 0 spiro atoms. The number of carbonyl (C=O) groups is 1. The molecular formula is C20H24F3N5O. The van der Waals surface area contributed by atoms with Gasteiger partial charge in [0.1, 0.15) is 17.2 Å². The highest BCUT2D eigenvalue weighted by atomic mass is 19.2. The second kappa shape index (κ2) is 9.11. The fourth-order valence-electron chi connectivity index (χ4n) is 3.42. The van der Waals surface area contributed by atoms with E-state index >= 15 is 0 Å². The van der Waals surface area contributed by atoms with Crippen LogP contribution in [0.25, 0.3) is 0 Å². The molecule has 0 radical (unpaired) electrons. The highest BCUT2D eigenvalue weighted by Crippen LogP contribution is 2.26. The van der Waals surface area contributed by atoms with Crippen molar-refractivity contribution in [2.75, 3.05) is 30.9 Å². The number of rotatable bonds is 6. The zero-order chi connectivity index (χ0) is 21.0. The Morgan fingerprint density at radius 2 is 1.79 bits per heavy atom. The zero-order valence-corrected chi connectivity index (χ0v) is 16.4. The van der Waals surface area contributed by atoms with E-state index in [2.05, 4.69) is 20.6 Å². The Kier molecular flexibility index (Phi) is 6.56. The van der Waals surface area contributed by atoms with Gasteiger partial charge in [0, 0.05) is 32.9 Å². The molecule has 2 N–H and O–H groups in total. The molecular weight excluding hydrogens is 383 g/mol. The minimum Gasteiger partial charge on any atom is -0.363 e. The zero-order valence-electron chi connectivity index (χ0n) is 16.4. The largest absolute Gasteiger partial charge is 0.363 e. The van der Waals surface area contributed by atoms with Crippen LogP contribution in [0.1, 0.15) is 36.0 Å². The molecule has 1 fully saturated rings. The first-order valence-corrected chi connectivity index (χ1v) is 9.53. The molecule has 29 heavy (non-hydrogen) atoms. The monoisotopic (exact) mass is 407 g/mol. The van der Waals surface area contributed by atoms with Crippen LogP contribution in [0.5, 0.6) is 0 Å². The number of nitrogens with one attached hydrogen (secondary N) is 2. The van der Waals surface area contributed by atoms with E-state index in [9.17, 15) is 18.0 Å². The van der Waals surface area contributed by atoms with Crippen LogP contribution in [-0.2, 0) is 0 Å². The number of benzene rings is 1. The standard InChI is InChI=1S/C20H24F3N5O/c1-28(2)16-9-10-24-20(27-16)26-13-5-3-12(4-6-13)11-25-19(29)17-14(21)7-8-15(22)18(17)23/h7-10,12-13H,3-6,11H2,1-2H3,(H,25,29)(H,24,26,27). The van der Waals surface area contributed by atoms with Gasteiger partial charge in [0.2, 0.25) is 5.95 Å². The van der Waals surface area contributed by atoms with E-state index in [0.717, 1.165) is 37.6 Å². The molecule has 0 atom stereocenters. The summed E-state index contributed by atoms with van der Waals surface area (Å²) >= 11 is 0. The van der Waals surface area contributed by atoms with E-state index in [0.29, 0.717) is 12.0 Å². The van der Waals surface area contributed by atoms with Crippen molar-refractivity contribution in [1.82, 2.24) is 15.3 Å². The lowest BCUT2D eigenvalue weighted by molar-refractivity contribution is 0.0933. The van der Waals surface area contributed by atoms with E-state index in [1.807, 2.05) is 25.1 Å². The summed E-state index contributed by atoms with van der Waals surface area (Å²) in [6.07, 6.45) is 5.09. The van der Waals surface area contributed by atoms with Crippen LogP contribution in [0.2, 0.25) is 0 Å². The Labute approximate surface area is 167 Å². The van der Waals surface area contributed by atoms with Crippen LogP contribution < -0.4 is 15.5 Å². The normalized spacial score (nSPS) is 18.9. The van der Waals surface area contributed by atoms with Crippen molar-refractivity contribution < 1.29 is 18.0 Å². The lowest BCUT2D eigenvalue weighted by Gasteiger charge is -2.29. The Balaban J connectivity index is 1.49. The maximum atomic E-state index is 13.7. The molecule has 1 amide bonds. The quantitative estimate of drug-likeness (QED) is 0.719. The summed E-state index contributed by atoms with van der Waals surface area (Å²) in [5.41, 5.74) is -0.877. The number of hydrogen-bond donors (Lipinski definition) is 2. The fourth-order valence-corrected chi connectivity index (χ4v) is 3.42. The van der Waals surface area contributed by atoms with Gasteiger partial charge >= 0.3 is 0 Å². The molecule has 0 bridgehead atoms. The summed E-state index contributed by atoms with van der Waals surface area (Å²) in [5.74, 6) is -3.15. The fraction of sp³-hybridized carbons (Fsp3) is 0.450. The SMILES string of the molecule is CN(C)c1ccnc(NC2CCC(CNC(=O)c3c(F)ccc(F)c3F)CC2)n1. The van der Waals surface area contributed by atoms with Gasteiger partial charge in [0.25, 0.3) is 5.91 Å². The van der Waals surface area contributed by atoms with E-state index in [4.69, 9.17) is 0 Å². The minimum atomic E-state index is -1.46. The van der Waals surface area contributed by atoms with E-state index in [-0.39, 0.29) is 18.5 Å². The van der Waals surface area contributed by atoms with Crippen molar-refractivity contribution in [2.45, 2.75) is 31.7 Å². The molecule has 0 aliphatic heterocycles. The van der Waals surface area contributed by atoms with Crippen molar-refractivity contribution in [3.63, 3.8) is 0 Å². The maximum Gasteiger partial charge on any atom is 0.257 e. The molecule has 0 saturated heterocycles. The minimum absolute atomic E-state index is 0.186. The lowest BCUT2D eigenvalue weighted by atomic mass is 9.86. The molecule has 3 rings (SSSR count). The van der Waals surface area contributed by atoms with Gasteiger partial charge < -0.3 is 15.5 Å². The number of hydrogen-bond acceptors (Lipinski definition) is 5. The molecule has 1 aliphatic rings. The van der Waals surface area contributed by atoms with Crippen LogP contribution in [0.15, 0.2) is 24.4 Å². The predicted octanol–water partition coefficient (Wildman–Crippen LogP) is 3.36. The molecule has 6 nitrogen and oxygen atoms in total. The highest BCUT2D eigenvalue weighted by Gasteiger charge is 2.24.